The van der Waals surface area contributed by atoms with Gasteiger partial charge in [0.25, 0.3) is 0 Å². The number of anilines is 1. The highest BCUT2D eigenvalue weighted by molar-refractivity contribution is 5.94. The van der Waals surface area contributed by atoms with Gasteiger partial charge in [0.1, 0.15) is 0 Å². The second kappa shape index (κ2) is 6.13. The van der Waals surface area contributed by atoms with Crippen LogP contribution in [0.5, 0.6) is 0 Å². The summed E-state index contributed by atoms with van der Waals surface area (Å²) >= 11 is 0. The van der Waals surface area contributed by atoms with Gasteiger partial charge in [-0.2, -0.15) is 0 Å². The molecule has 2 unspecified atom stereocenters. The molecule has 1 aliphatic carbocycles. The lowest BCUT2D eigenvalue weighted by molar-refractivity contribution is -0.143. The summed E-state index contributed by atoms with van der Waals surface area (Å²) in [7, 11) is 2.18. The van der Waals surface area contributed by atoms with E-state index >= 15 is 0 Å². The van der Waals surface area contributed by atoms with Gasteiger partial charge in [-0.25, -0.2) is 0 Å². The molecule has 0 aromatic heterocycles. The first-order valence-electron chi connectivity index (χ1n) is 9.20. The molecule has 0 saturated carbocycles. The number of benzene rings is 1. The third-order valence-corrected chi connectivity index (χ3v) is 6.21. The maximum Gasteiger partial charge on any atom is 0.302 e. The summed E-state index contributed by atoms with van der Waals surface area (Å²) < 4.78 is 5.28. The van der Waals surface area contributed by atoms with Gasteiger partial charge in [-0.1, -0.05) is 12.1 Å². The van der Waals surface area contributed by atoms with Gasteiger partial charge in [-0.05, 0) is 37.1 Å². The number of hydrogen-bond donors (Lipinski definition) is 0. The van der Waals surface area contributed by atoms with E-state index in [-0.39, 0.29) is 11.9 Å². The number of fused-ring (bicyclic) bond motifs is 2. The van der Waals surface area contributed by atoms with Crippen molar-refractivity contribution in [3.63, 3.8) is 0 Å². The van der Waals surface area contributed by atoms with Crippen molar-refractivity contribution in [3.8, 4) is 0 Å². The number of likely N-dealkylation sites (tertiary alicyclic amines) is 1. The van der Waals surface area contributed by atoms with Crippen molar-refractivity contribution in [2.45, 2.75) is 44.6 Å². The zero-order valence-electron chi connectivity index (χ0n) is 15.2. The van der Waals surface area contributed by atoms with Gasteiger partial charge in [0.15, 0.2) is 0 Å². The van der Waals surface area contributed by atoms with Crippen molar-refractivity contribution >= 4 is 17.6 Å². The molecule has 1 aromatic rings. The average Bonchev–Trinajstić information content (AvgIpc) is 2.94. The quantitative estimate of drug-likeness (QED) is 0.775. The molecule has 1 fully saturated rings. The van der Waals surface area contributed by atoms with Crippen LogP contribution in [0.4, 0.5) is 5.69 Å². The van der Waals surface area contributed by atoms with Gasteiger partial charge in [-0.15, -0.1) is 0 Å². The highest BCUT2D eigenvalue weighted by atomic mass is 16.5. The number of ether oxygens (including phenoxy) is 1. The molecule has 2 heterocycles. The Morgan fingerprint density at radius 3 is 2.72 bits per heavy atom. The number of likely N-dealkylation sites (N-methyl/N-ethyl adjacent to an activating group) is 1. The van der Waals surface area contributed by atoms with Crippen molar-refractivity contribution in [2.75, 3.05) is 31.6 Å². The van der Waals surface area contributed by atoms with Crippen molar-refractivity contribution in [1.29, 1.82) is 0 Å². The Balaban J connectivity index is 1.66. The zero-order valence-corrected chi connectivity index (χ0v) is 15.2. The van der Waals surface area contributed by atoms with E-state index in [0.717, 1.165) is 31.6 Å². The predicted molar refractivity (Wildman–Crippen MR) is 95.7 cm³/mol. The summed E-state index contributed by atoms with van der Waals surface area (Å²) in [4.78, 5) is 27.6. The van der Waals surface area contributed by atoms with Crippen LogP contribution < -0.4 is 4.90 Å². The van der Waals surface area contributed by atoms with E-state index in [1.165, 1.54) is 18.1 Å². The summed E-state index contributed by atoms with van der Waals surface area (Å²) in [6.07, 6.45) is 2.15. The molecule has 0 radical (unpaired) electrons. The van der Waals surface area contributed by atoms with E-state index in [1.807, 2.05) is 4.90 Å². The fraction of sp³-hybridized carbons (Fsp3) is 0.600. The minimum atomic E-state index is -0.203. The molecule has 2 aliphatic heterocycles. The lowest BCUT2D eigenvalue weighted by atomic mass is 9.69. The molecular formula is C20H26N2O3. The molecule has 25 heavy (non-hydrogen) atoms. The van der Waals surface area contributed by atoms with Crippen LogP contribution in [-0.2, 0) is 14.3 Å². The Kier molecular flexibility index (Phi) is 4.07. The second-order valence-electron chi connectivity index (χ2n) is 7.86. The van der Waals surface area contributed by atoms with Crippen LogP contribution in [0.1, 0.15) is 49.7 Å². The average molecular weight is 342 g/mol. The van der Waals surface area contributed by atoms with Crippen molar-refractivity contribution in [2.24, 2.45) is 5.92 Å². The third kappa shape index (κ3) is 2.74. The Bertz CT molecular complexity index is 717. The predicted octanol–water partition coefficient (Wildman–Crippen LogP) is 2.51. The highest BCUT2D eigenvalue weighted by Gasteiger charge is 2.46. The van der Waals surface area contributed by atoms with E-state index in [2.05, 4.69) is 30.1 Å². The van der Waals surface area contributed by atoms with Crippen LogP contribution in [0.3, 0.4) is 0 Å². The number of amides is 1. The van der Waals surface area contributed by atoms with Gasteiger partial charge in [0.05, 0.1) is 6.61 Å². The maximum absolute atomic E-state index is 12.0. The Hall–Kier alpha value is -1.88. The van der Waals surface area contributed by atoms with E-state index < -0.39 is 0 Å². The molecule has 3 aliphatic rings. The standard InChI is InChI=1S/C20H26N2O3/c1-12(23)22-10-15-8-19-17(16-5-4-6-18(22)20(15)16)7-14(9-21(19)3)11-25-13(2)24/h4-6,14-15,17,19H,7-11H2,1-3H3/t14?,15?,17-,19-/m0/s1. The largest absolute Gasteiger partial charge is 0.466 e. The van der Waals surface area contributed by atoms with E-state index in [9.17, 15) is 9.59 Å². The summed E-state index contributed by atoms with van der Waals surface area (Å²) in [6.45, 7) is 5.41. The fourth-order valence-electron chi connectivity index (χ4n) is 5.24. The van der Waals surface area contributed by atoms with E-state index in [4.69, 9.17) is 4.74 Å². The molecule has 0 spiro atoms. The van der Waals surface area contributed by atoms with Gasteiger partial charge >= 0.3 is 5.97 Å². The summed E-state index contributed by atoms with van der Waals surface area (Å²) in [5, 5.41) is 0. The van der Waals surface area contributed by atoms with Crippen LogP contribution in [-0.4, -0.2) is 49.6 Å². The normalized spacial score (nSPS) is 30.6. The molecule has 5 heteroatoms. The smallest absolute Gasteiger partial charge is 0.302 e. The van der Waals surface area contributed by atoms with Crippen LogP contribution >= 0.6 is 0 Å². The van der Waals surface area contributed by atoms with Crippen molar-refractivity contribution in [3.05, 3.63) is 29.3 Å². The molecule has 1 saturated heterocycles. The van der Waals surface area contributed by atoms with Gasteiger partial charge in [-0.3, -0.25) is 9.59 Å². The van der Waals surface area contributed by atoms with Gasteiger partial charge < -0.3 is 14.5 Å². The SMILES string of the molecule is CC(=O)OCC1C[C@H]2c3cccc4c3C(C[C@@H]2N(C)C1)CN4C(C)=O. The Morgan fingerprint density at radius 2 is 2.00 bits per heavy atom. The monoisotopic (exact) mass is 342 g/mol. The van der Waals surface area contributed by atoms with Crippen LogP contribution in [0.15, 0.2) is 18.2 Å². The second-order valence-corrected chi connectivity index (χ2v) is 7.86. The Morgan fingerprint density at radius 1 is 1.20 bits per heavy atom. The first-order chi connectivity index (χ1) is 12.0. The lowest BCUT2D eigenvalue weighted by Crippen LogP contribution is -2.49. The molecule has 0 N–H and O–H groups in total. The summed E-state index contributed by atoms with van der Waals surface area (Å²) in [5.74, 6) is 1.20. The number of esters is 1. The number of carbonyl (C=O) groups is 2. The van der Waals surface area contributed by atoms with Crippen LogP contribution in [0.25, 0.3) is 0 Å². The molecular weight excluding hydrogens is 316 g/mol. The summed E-state index contributed by atoms with van der Waals surface area (Å²) in [5.41, 5.74) is 3.90. The maximum atomic E-state index is 12.0. The summed E-state index contributed by atoms with van der Waals surface area (Å²) in [6, 6.07) is 6.93. The van der Waals surface area contributed by atoms with Crippen LogP contribution in [0.2, 0.25) is 0 Å². The van der Waals surface area contributed by atoms with Crippen LogP contribution in [0, 0.1) is 5.92 Å². The van der Waals surface area contributed by atoms with Gasteiger partial charge in [0.2, 0.25) is 5.91 Å². The van der Waals surface area contributed by atoms with E-state index in [0.29, 0.717) is 30.4 Å². The number of piperidine rings is 1. The molecule has 1 aromatic carbocycles. The van der Waals surface area contributed by atoms with E-state index in [1.54, 1.807) is 6.92 Å². The first kappa shape index (κ1) is 16.6. The zero-order chi connectivity index (χ0) is 17.7. The minimum Gasteiger partial charge on any atom is -0.466 e. The first-order valence-corrected chi connectivity index (χ1v) is 9.20. The number of rotatable bonds is 2. The lowest BCUT2D eigenvalue weighted by Gasteiger charge is -2.47. The number of hydrogen-bond acceptors (Lipinski definition) is 4. The van der Waals surface area contributed by atoms with Gasteiger partial charge in [0, 0.05) is 56.4 Å². The number of carbonyl (C=O) groups excluding carboxylic acids is 2. The molecule has 0 bridgehead atoms. The molecule has 5 nitrogen and oxygen atoms in total. The van der Waals surface area contributed by atoms with Crippen molar-refractivity contribution in [1.82, 2.24) is 4.90 Å². The molecule has 1 amide bonds. The Labute approximate surface area is 148 Å². The number of nitrogens with zero attached hydrogens (tertiary/aromatic N) is 2. The minimum absolute atomic E-state index is 0.131. The molecule has 4 rings (SSSR count). The fourth-order valence-corrected chi connectivity index (χ4v) is 5.24. The molecule has 4 atom stereocenters. The van der Waals surface area contributed by atoms with Crippen molar-refractivity contribution < 1.29 is 14.3 Å². The third-order valence-electron chi connectivity index (χ3n) is 6.21. The highest BCUT2D eigenvalue weighted by Crippen LogP contribution is 2.52. The molecule has 134 valence electrons. The topological polar surface area (TPSA) is 49.9 Å².